The molecule has 0 rings (SSSR count). The zero-order valence-corrected chi connectivity index (χ0v) is 13.4. The van der Waals surface area contributed by atoms with Crippen molar-refractivity contribution in [2.75, 3.05) is 25.9 Å². The summed E-state index contributed by atoms with van der Waals surface area (Å²) < 4.78 is 23.1. The summed E-state index contributed by atoms with van der Waals surface area (Å²) in [6.45, 7) is 8.89. The van der Waals surface area contributed by atoms with Gasteiger partial charge in [-0.1, -0.05) is 22.9 Å². The normalized spacial score (nSPS) is 15.4. The summed E-state index contributed by atoms with van der Waals surface area (Å²) in [5.41, 5.74) is 0. The van der Waals surface area contributed by atoms with E-state index in [1.807, 2.05) is 7.05 Å². The predicted molar refractivity (Wildman–Crippen MR) is 74.0 cm³/mol. The molecule has 16 heavy (non-hydrogen) atoms. The fourth-order valence-corrected chi connectivity index (χ4v) is 2.46. The van der Waals surface area contributed by atoms with E-state index in [2.05, 4.69) is 27.8 Å². The number of nitrogens with zero attached hydrogens (tertiary/aromatic N) is 1. The maximum absolute atomic E-state index is 11.9. The molecule has 0 N–H and O–H groups in total. The zero-order valence-electron chi connectivity index (χ0n) is 11.0. The third-order valence-electron chi connectivity index (χ3n) is 2.58. The van der Waals surface area contributed by atoms with Crippen LogP contribution in [0.3, 0.4) is 0 Å². The van der Waals surface area contributed by atoms with E-state index >= 15 is 0 Å². The van der Waals surface area contributed by atoms with Crippen molar-refractivity contribution in [1.82, 2.24) is 4.90 Å². The van der Waals surface area contributed by atoms with E-state index in [-0.39, 0.29) is 5.75 Å². The molecular formula is C11H24BrNO2S. The summed E-state index contributed by atoms with van der Waals surface area (Å²) >= 11 is 3.48. The minimum atomic E-state index is -2.98. The first-order valence-corrected chi connectivity index (χ1v) is 8.18. The van der Waals surface area contributed by atoms with Gasteiger partial charge in [-0.25, -0.2) is 8.42 Å². The Kier molecular flexibility index (Phi) is 6.51. The number of hydrogen-bond donors (Lipinski definition) is 0. The number of rotatable bonds is 6. The Bertz CT molecular complexity index is 294. The average Bonchev–Trinajstić information content (AvgIpc) is 2.09. The molecule has 0 aliphatic heterocycles. The van der Waals surface area contributed by atoms with Gasteiger partial charge in [0.15, 0.2) is 9.84 Å². The van der Waals surface area contributed by atoms with Crippen molar-refractivity contribution >= 4 is 25.8 Å². The van der Waals surface area contributed by atoms with Crippen LogP contribution in [0.5, 0.6) is 0 Å². The number of halogens is 1. The fraction of sp³-hybridized carbons (Fsp3) is 1.00. The molecule has 1 unspecified atom stereocenters. The summed E-state index contributed by atoms with van der Waals surface area (Å²) in [7, 11) is -1.02. The standard InChI is InChI=1S/C11H24BrNO2S/c1-10(12)6-7-13(5)8-9-16(14,15)11(2,3)4/h10H,6-9H2,1-5H3. The first-order valence-electron chi connectivity index (χ1n) is 5.61. The molecule has 0 aliphatic carbocycles. The Balaban J connectivity index is 4.07. The smallest absolute Gasteiger partial charge is 0.156 e. The van der Waals surface area contributed by atoms with Gasteiger partial charge in [-0.15, -0.1) is 0 Å². The van der Waals surface area contributed by atoms with E-state index in [4.69, 9.17) is 0 Å². The van der Waals surface area contributed by atoms with Crippen LogP contribution in [0.25, 0.3) is 0 Å². The highest BCUT2D eigenvalue weighted by molar-refractivity contribution is 9.09. The average molecular weight is 314 g/mol. The van der Waals surface area contributed by atoms with Gasteiger partial charge in [0.2, 0.25) is 0 Å². The lowest BCUT2D eigenvalue weighted by Gasteiger charge is -2.22. The largest absolute Gasteiger partial charge is 0.305 e. The lowest BCUT2D eigenvalue weighted by molar-refractivity contribution is 0.347. The number of sulfone groups is 1. The second-order valence-electron chi connectivity index (χ2n) is 5.30. The van der Waals surface area contributed by atoms with E-state index in [1.54, 1.807) is 20.8 Å². The van der Waals surface area contributed by atoms with Gasteiger partial charge in [-0.2, -0.15) is 0 Å². The van der Waals surface area contributed by atoms with Crippen molar-refractivity contribution in [2.24, 2.45) is 0 Å². The molecule has 0 aliphatic rings. The Morgan fingerprint density at radius 2 is 1.75 bits per heavy atom. The Morgan fingerprint density at radius 3 is 2.12 bits per heavy atom. The van der Waals surface area contributed by atoms with Gasteiger partial charge in [0.05, 0.1) is 10.5 Å². The van der Waals surface area contributed by atoms with Gasteiger partial charge in [0.25, 0.3) is 0 Å². The number of alkyl halides is 1. The van der Waals surface area contributed by atoms with Gasteiger partial charge in [0, 0.05) is 11.4 Å². The van der Waals surface area contributed by atoms with Crippen LogP contribution >= 0.6 is 15.9 Å². The van der Waals surface area contributed by atoms with E-state index in [9.17, 15) is 8.42 Å². The third kappa shape index (κ3) is 6.21. The minimum absolute atomic E-state index is 0.240. The fourth-order valence-electron chi connectivity index (χ4n) is 1.09. The van der Waals surface area contributed by atoms with Crippen molar-refractivity contribution in [1.29, 1.82) is 0 Å². The molecule has 0 heterocycles. The highest BCUT2D eigenvalue weighted by Crippen LogP contribution is 2.15. The van der Waals surface area contributed by atoms with E-state index in [0.29, 0.717) is 11.4 Å². The molecule has 0 aromatic rings. The first-order chi connectivity index (χ1) is 7.06. The lowest BCUT2D eigenvalue weighted by atomic mass is 10.3. The van der Waals surface area contributed by atoms with Gasteiger partial charge in [-0.05, 0) is 40.8 Å². The molecule has 0 radical (unpaired) electrons. The molecule has 5 heteroatoms. The molecule has 0 saturated carbocycles. The highest BCUT2D eigenvalue weighted by atomic mass is 79.9. The topological polar surface area (TPSA) is 37.4 Å². The molecular weight excluding hydrogens is 290 g/mol. The number of hydrogen-bond acceptors (Lipinski definition) is 3. The van der Waals surface area contributed by atoms with E-state index in [0.717, 1.165) is 13.0 Å². The Hall–Kier alpha value is 0.390. The summed E-state index contributed by atoms with van der Waals surface area (Å²) in [6, 6.07) is 0. The van der Waals surface area contributed by atoms with Crippen LogP contribution in [-0.4, -0.2) is 48.8 Å². The van der Waals surface area contributed by atoms with Crippen molar-refractivity contribution < 1.29 is 8.42 Å². The summed E-state index contributed by atoms with van der Waals surface area (Å²) in [5.74, 6) is 0.240. The van der Waals surface area contributed by atoms with Crippen molar-refractivity contribution in [2.45, 2.75) is 43.7 Å². The van der Waals surface area contributed by atoms with Crippen LogP contribution in [0.4, 0.5) is 0 Å². The maximum atomic E-state index is 11.9. The third-order valence-corrected chi connectivity index (χ3v) is 5.63. The molecule has 0 aromatic carbocycles. The summed E-state index contributed by atoms with van der Waals surface area (Å²) in [6.07, 6.45) is 1.03. The molecule has 0 bridgehead atoms. The van der Waals surface area contributed by atoms with Crippen LogP contribution in [-0.2, 0) is 9.84 Å². The summed E-state index contributed by atoms with van der Waals surface area (Å²) in [4.78, 5) is 2.55. The predicted octanol–water partition coefficient (Wildman–Crippen LogP) is 2.31. The maximum Gasteiger partial charge on any atom is 0.156 e. The lowest BCUT2D eigenvalue weighted by Crippen LogP contribution is -2.35. The van der Waals surface area contributed by atoms with Crippen molar-refractivity contribution in [3.8, 4) is 0 Å². The zero-order chi connectivity index (χ0) is 13.0. The highest BCUT2D eigenvalue weighted by Gasteiger charge is 2.28. The molecule has 0 fully saturated rings. The molecule has 0 aromatic heterocycles. The van der Waals surface area contributed by atoms with Crippen LogP contribution in [0.2, 0.25) is 0 Å². The van der Waals surface area contributed by atoms with Gasteiger partial charge < -0.3 is 4.90 Å². The second-order valence-corrected chi connectivity index (χ2v) is 9.73. The van der Waals surface area contributed by atoms with Crippen LogP contribution in [0, 0.1) is 0 Å². The van der Waals surface area contributed by atoms with Crippen LogP contribution < -0.4 is 0 Å². The van der Waals surface area contributed by atoms with E-state index < -0.39 is 14.6 Å². The molecule has 0 saturated heterocycles. The SMILES string of the molecule is CC(Br)CCN(C)CCS(=O)(=O)C(C)(C)C. The van der Waals surface area contributed by atoms with Crippen molar-refractivity contribution in [3.63, 3.8) is 0 Å². The Labute approximate surface area is 109 Å². The quantitative estimate of drug-likeness (QED) is 0.706. The first kappa shape index (κ1) is 16.4. The van der Waals surface area contributed by atoms with Crippen LogP contribution in [0.1, 0.15) is 34.1 Å². The molecule has 3 nitrogen and oxygen atoms in total. The minimum Gasteiger partial charge on any atom is -0.305 e. The van der Waals surface area contributed by atoms with Gasteiger partial charge >= 0.3 is 0 Å². The molecule has 98 valence electrons. The van der Waals surface area contributed by atoms with Gasteiger partial charge in [-0.3, -0.25) is 0 Å². The van der Waals surface area contributed by atoms with E-state index in [1.165, 1.54) is 0 Å². The monoisotopic (exact) mass is 313 g/mol. The molecule has 0 amide bonds. The van der Waals surface area contributed by atoms with Crippen LogP contribution in [0.15, 0.2) is 0 Å². The second kappa shape index (κ2) is 6.36. The van der Waals surface area contributed by atoms with Gasteiger partial charge in [0.1, 0.15) is 0 Å². The summed E-state index contributed by atoms with van der Waals surface area (Å²) in [5, 5.41) is 0. The van der Waals surface area contributed by atoms with Crippen molar-refractivity contribution in [3.05, 3.63) is 0 Å². The Morgan fingerprint density at radius 1 is 1.25 bits per heavy atom. The molecule has 0 spiro atoms. The molecule has 1 atom stereocenters.